The molecule has 1 aromatic carbocycles. The standard InChI is InChI=1S/C13H8N2O3/c14-5-9-3-10(15-6-11(9)16)8-1-2-12-13(4-8)18-7-17-12/h1-4,6,16H,7H2. The van der Waals surface area contributed by atoms with Gasteiger partial charge < -0.3 is 14.6 Å². The van der Waals surface area contributed by atoms with E-state index in [1.54, 1.807) is 12.1 Å². The lowest BCUT2D eigenvalue weighted by atomic mass is 10.1. The summed E-state index contributed by atoms with van der Waals surface area (Å²) in [7, 11) is 0. The van der Waals surface area contributed by atoms with E-state index < -0.39 is 0 Å². The van der Waals surface area contributed by atoms with Gasteiger partial charge in [-0.05, 0) is 24.3 Å². The molecule has 0 bridgehead atoms. The summed E-state index contributed by atoms with van der Waals surface area (Å²) in [5.74, 6) is 1.22. The molecule has 1 aromatic heterocycles. The average molecular weight is 240 g/mol. The zero-order valence-electron chi connectivity index (χ0n) is 9.25. The third-order valence-electron chi connectivity index (χ3n) is 2.67. The number of fused-ring (bicyclic) bond motifs is 1. The second-order valence-corrected chi connectivity index (χ2v) is 3.77. The Hall–Kier alpha value is -2.74. The van der Waals surface area contributed by atoms with Gasteiger partial charge in [0.1, 0.15) is 6.07 Å². The van der Waals surface area contributed by atoms with Gasteiger partial charge in [-0.15, -0.1) is 0 Å². The first-order valence-electron chi connectivity index (χ1n) is 5.27. The van der Waals surface area contributed by atoms with Crippen LogP contribution in [0.2, 0.25) is 0 Å². The highest BCUT2D eigenvalue weighted by Crippen LogP contribution is 2.35. The van der Waals surface area contributed by atoms with Gasteiger partial charge in [0.15, 0.2) is 17.2 Å². The van der Waals surface area contributed by atoms with Crippen LogP contribution in [0.1, 0.15) is 5.56 Å². The highest BCUT2D eigenvalue weighted by atomic mass is 16.7. The summed E-state index contributed by atoms with van der Waals surface area (Å²) in [6, 6.07) is 8.86. The zero-order chi connectivity index (χ0) is 12.5. The Labute approximate surface area is 103 Å². The van der Waals surface area contributed by atoms with Crippen LogP contribution >= 0.6 is 0 Å². The van der Waals surface area contributed by atoms with E-state index in [-0.39, 0.29) is 18.1 Å². The molecule has 1 N–H and O–H groups in total. The van der Waals surface area contributed by atoms with Gasteiger partial charge in [0.25, 0.3) is 0 Å². The van der Waals surface area contributed by atoms with E-state index in [4.69, 9.17) is 14.7 Å². The second kappa shape index (κ2) is 3.93. The van der Waals surface area contributed by atoms with Crippen LogP contribution in [0.25, 0.3) is 11.3 Å². The van der Waals surface area contributed by atoms with Gasteiger partial charge in [-0.1, -0.05) is 0 Å². The Kier molecular flexibility index (Phi) is 2.27. The molecule has 0 amide bonds. The first kappa shape index (κ1) is 10.4. The number of benzene rings is 1. The summed E-state index contributed by atoms with van der Waals surface area (Å²) in [4.78, 5) is 4.09. The first-order chi connectivity index (χ1) is 8.78. The smallest absolute Gasteiger partial charge is 0.231 e. The van der Waals surface area contributed by atoms with Crippen LogP contribution in [0.5, 0.6) is 17.2 Å². The summed E-state index contributed by atoms with van der Waals surface area (Å²) < 4.78 is 10.5. The van der Waals surface area contributed by atoms with Crippen molar-refractivity contribution in [1.29, 1.82) is 5.26 Å². The molecule has 0 spiro atoms. The number of aromatic nitrogens is 1. The molecule has 88 valence electrons. The topological polar surface area (TPSA) is 75.4 Å². The first-order valence-corrected chi connectivity index (χ1v) is 5.27. The second-order valence-electron chi connectivity index (χ2n) is 3.77. The van der Waals surface area contributed by atoms with Crippen molar-refractivity contribution in [2.75, 3.05) is 6.79 Å². The van der Waals surface area contributed by atoms with Crippen molar-refractivity contribution in [3.8, 4) is 34.6 Å². The number of rotatable bonds is 1. The maximum Gasteiger partial charge on any atom is 0.231 e. The molecule has 0 saturated carbocycles. The molecule has 0 saturated heterocycles. The largest absolute Gasteiger partial charge is 0.505 e. The number of aromatic hydroxyl groups is 1. The van der Waals surface area contributed by atoms with Crippen LogP contribution < -0.4 is 9.47 Å². The number of hydrogen-bond donors (Lipinski definition) is 1. The third kappa shape index (κ3) is 1.60. The van der Waals surface area contributed by atoms with Crippen LogP contribution in [0.4, 0.5) is 0 Å². The number of ether oxygens (including phenoxy) is 2. The summed E-state index contributed by atoms with van der Waals surface area (Å²) >= 11 is 0. The molecule has 5 nitrogen and oxygen atoms in total. The Balaban J connectivity index is 2.08. The van der Waals surface area contributed by atoms with Crippen molar-refractivity contribution >= 4 is 0 Å². The maximum absolute atomic E-state index is 9.41. The van der Waals surface area contributed by atoms with Crippen molar-refractivity contribution < 1.29 is 14.6 Å². The van der Waals surface area contributed by atoms with Crippen LogP contribution in [-0.2, 0) is 0 Å². The fraction of sp³-hybridized carbons (Fsp3) is 0.0769. The van der Waals surface area contributed by atoms with Crippen molar-refractivity contribution in [1.82, 2.24) is 4.98 Å². The van der Waals surface area contributed by atoms with E-state index in [0.29, 0.717) is 17.2 Å². The van der Waals surface area contributed by atoms with Gasteiger partial charge >= 0.3 is 0 Å². The lowest BCUT2D eigenvalue weighted by molar-refractivity contribution is 0.174. The van der Waals surface area contributed by atoms with Crippen LogP contribution in [-0.4, -0.2) is 16.9 Å². The minimum absolute atomic E-state index is 0.123. The molecule has 0 fully saturated rings. The molecular weight excluding hydrogens is 232 g/mol. The lowest BCUT2D eigenvalue weighted by Gasteiger charge is -2.03. The Morgan fingerprint density at radius 1 is 1.22 bits per heavy atom. The Bertz CT molecular complexity index is 662. The van der Waals surface area contributed by atoms with Crippen LogP contribution in [0.3, 0.4) is 0 Å². The monoisotopic (exact) mass is 240 g/mol. The normalized spacial score (nSPS) is 12.2. The van der Waals surface area contributed by atoms with E-state index >= 15 is 0 Å². The van der Waals surface area contributed by atoms with Crippen LogP contribution in [0, 0.1) is 11.3 Å². The minimum Gasteiger partial charge on any atom is -0.505 e. The molecular formula is C13H8N2O3. The SMILES string of the molecule is N#Cc1cc(-c2ccc3c(c2)OCO3)ncc1O. The molecule has 2 aromatic rings. The number of pyridine rings is 1. The van der Waals surface area contributed by atoms with E-state index in [2.05, 4.69) is 4.98 Å². The van der Waals surface area contributed by atoms with E-state index in [1.165, 1.54) is 12.3 Å². The third-order valence-corrected chi connectivity index (χ3v) is 2.67. The average Bonchev–Trinajstić information content (AvgIpc) is 2.86. The predicted molar refractivity (Wildman–Crippen MR) is 62.2 cm³/mol. The molecule has 1 aliphatic heterocycles. The molecule has 18 heavy (non-hydrogen) atoms. The van der Waals surface area contributed by atoms with Gasteiger partial charge in [0.05, 0.1) is 17.5 Å². The number of nitriles is 1. The maximum atomic E-state index is 9.41. The van der Waals surface area contributed by atoms with E-state index in [0.717, 1.165) is 5.56 Å². The van der Waals surface area contributed by atoms with Crippen molar-refractivity contribution in [3.05, 3.63) is 36.0 Å². The molecule has 0 unspecified atom stereocenters. The lowest BCUT2D eigenvalue weighted by Crippen LogP contribution is -1.92. The molecule has 1 aliphatic rings. The fourth-order valence-electron chi connectivity index (χ4n) is 1.75. The Morgan fingerprint density at radius 3 is 2.89 bits per heavy atom. The highest BCUT2D eigenvalue weighted by Gasteiger charge is 2.14. The summed E-state index contributed by atoms with van der Waals surface area (Å²) in [6.45, 7) is 0.214. The molecule has 0 radical (unpaired) electrons. The predicted octanol–water partition coefficient (Wildman–Crippen LogP) is 2.05. The highest BCUT2D eigenvalue weighted by molar-refractivity contribution is 5.66. The van der Waals surface area contributed by atoms with Gasteiger partial charge in [-0.2, -0.15) is 5.26 Å². The van der Waals surface area contributed by atoms with Crippen LogP contribution in [0.15, 0.2) is 30.5 Å². The Morgan fingerprint density at radius 2 is 2.06 bits per heavy atom. The van der Waals surface area contributed by atoms with Crippen molar-refractivity contribution in [2.45, 2.75) is 0 Å². The molecule has 2 heterocycles. The summed E-state index contributed by atoms with van der Waals surface area (Å²) in [5, 5.41) is 18.3. The van der Waals surface area contributed by atoms with E-state index in [9.17, 15) is 5.11 Å². The molecule has 0 aliphatic carbocycles. The number of hydrogen-bond acceptors (Lipinski definition) is 5. The van der Waals surface area contributed by atoms with E-state index in [1.807, 2.05) is 12.1 Å². The summed E-state index contributed by atoms with van der Waals surface area (Å²) in [5.41, 5.74) is 1.59. The van der Waals surface area contributed by atoms with Gasteiger partial charge in [0.2, 0.25) is 6.79 Å². The van der Waals surface area contributed by atoms with Gasteiger partial charge in [0, 0.05) is 5.56 Å². The molecule has 3 rings (SSSR count). The number of nitrogens with zero attached hydrogens (tertiary/aromatic N) is 2. The summed E-state index contributed by atoms with van der Waals surface area (Å²) in [6.07, 6.45) is 1.26. The fourth-order valence-corrected chi connectivity index (χ4v) is 1.75. The zero-order valence-corrected chi connectivity index (χ0v) is 9.25. The van der Waals surface area contributed by atoms with Crippen molar-refractivity contribution in [2.24, 2.45) is 0 Å². The van der Waals surface area contributed by atoms with Crippen molar-refractivity contribution in [3.63, 3.8) is 0 Å². The minimum atomic E-state index is -0.123. The van der Waals surface area contributed by atoms with Gasteiger partial charge in [-0.25, -0.2) is 0 Å². The van der Waals surface area contributed by atoms with Gasteiger partial charge in [-0.3, -0.25) is 4.98 Å². The quantitative estimate of drug-likeness (QED) is 0.825. The molecule has 0 atom stereocenters. The molecule has 5 heteroatoms.